The Morgan fingerprint density at radius 1 is 1.35 bits per heavy atom. The Morgan fingerprint density at radius 2 is 2.06 bits per heavy atom. The molecular formula is C13H19NO3. The van der Waals surface area contributed by atoms with Crippen LogP contribution in [0, 0.1) is 0 Å². The second-order valence-corrected chi connectivity index (χ2v) is 4.92. The lowest BCUT2D eigenvalue weighted by Gasteiger charge is -2.37. The van der Waals surface area contributed by atoms with Gasteiger partial charge in [0, 0.05) is 18.2 Å². The van der Waals surface area contributed by atoms with Crippen LogP contribution < -0.4 is 5.32 Å². The van der Waals surface area contributed by atoms with E-state index in [-0.39, 0.29) is 17.5 Å². The highest BCUT2D eigenvalue weighted by atomic mass is 16.3. The fourth-order valence-corrected chi connectivity index (χ4v) is 2.10. The summed E-state index contributed by atoms with van der Waals surface area (Å²) in [6.07, 6.45) is 2.74. The first-order valence-corrected chi connectivity index (χ1v) is 5.98. The largest absolute Gasteiger partial charge is 0.508 e. The number of hydrogen-bond donors (Lipinski definition) is 4. The lowest BCUT2D eigenvalue weighted by atomic mass is 9.80. The molecule has 1 fully saturated rings. The Morgan fingerprint density at radius 3 is 2.65 bits per heavy atom. The summed E-state index contributed by atoms with van der Waals surface area (Å²) in [6.45, 7) is 2.42. The average molecular weight is 237 g/mol. The van der Waals surface area contributed by atoms with E-state index < -0.39 is 5.60 Å². The van der Waals surface area contributed by atoms with Gasteiger partial charge in [0.1, 0.15) is 11.5 Å². The molecule has 94 valence electrons. The second-order valence-electron chi connectivity index (χ2n) is 4.92. The van der Waals surface area contributed by atoms with Crippen LogP contribution in [0.5, 0.6) is 11.5 Å². The number of aromatic hydroxyl groups is 2. The fraction of sp³-hybridized carbons (Fsp3) is 0.538. The molecule has 1 aromatic carbocycles. The summed E-state index contributed by atoms with van der Waals surface area (Å²) in [5.41, 5.74) is 0.0636. The third-order valence-corrected chi connectivity index (χ3v) is 3.50. The molecule has 1 aliphatic carbocycles. The highest BCUT2D eigenvalue weighted by molar-refractivity contribution is 5.40. The highest BCUT2D eigenvalue weighted by Gasteiger charge is 2.34. The topological polar surface area (TPSA) is 72.7 Å². The summed E-state index contributed by atoms with van der Waals surface area (Å²) in [5.74, 6) is 0.289. The quantitative estimate of drug-likeness (QED) is 0.601. The SMILES string of the molecule is CC(NCC1(O)CCC1)c1cc(O)ccc1O. The van der Waals surface area contributed by atoms with Gasteiger partial charge in [0.25, 0.3) is 0 Å². The molecule has 1 unspecified atom stereocenters. The van der Waals surface area contributed by atoms with E-state index in [1.807, 2.05) is 6.92 Å². The van der Waals surface area contributed by atoms with Crippen molar-refractivity contribution in [3.05, 3.63) is 23.8 Å². The van der Waals surface area contributed by atoms with E-state index in [0.29, 0.717) is 12.1 Å². The van der Waals surface area contributed by atoms with Crippen LogP contribution in [-0.4, -0.2) is 27.5 Å². The van der Waals surface area contributed by atoms with E-state index in [0.717, 1.165) is 19.3 Å². The van der Waals surface area contributed by atoms with Crippen LogP contribution >= 0.6 is 0 Å². The summed E-state index contributed by atoms with van der Waals surface area (Å²) in [5, 5.41) is 32.2. The molecule has 0 aliphatic heterocycles. The molecule has 0 saturated heterocycles. The van der Waals surface area contributed by atoms with E-state index in [2.05, 4.69) is 5.32 Å². The molecule has 0 heterocycles. The molecule has 4 nitrogen and oxygen atoms in total. The van der Waals surface area contributed by atoms with Crippen LogP contribution in [0.1, 0.15) is 37.8 Å². The van der Waals surface area contributed by atoms with Crippen LogP contribution in [0.4, 0.5) is 0 Å². The van der Waals surface area contributed by atoms with Crippen molar-refractivity contribution in [1.82, 2.24) is 5.32 Å². The average Bonchev–Trinajstić information content (AvgIpc) is 2.26. The van der Waals surface area contributed by atoms with Gasteiger partial charge in [0.2, 0.25) is 0 Å². The van der Waals surface area contributed by atoms with Crippen molar-refractivity contribution in [1.29, 1.82) is 0 Å². The third-order valence-electron chi connectivity index (χ3n) is 3.50. The smallest absolute Gasteiger partial charge is 0.120 e. The first-order chi connectivity index (χ1) is 8.00. The Balaban J connectivity index is 1.99. The maximum atomic E-state index is 9.96. The van der Waals surface area contributed by atoms with Crippen molar-refractivity contribution in [2.24, 2.45) is 0 Å². The van der Waals surface area contributed by atoms with Gasteiger partial charge in [-0.25, -0.2) is 0 Å². The third kappa shape index (κ3) is 2.70. The second kappa shape index (κ2) is 4.55. The van der Waals surface area contributed by atoms with Crippen molar-refractivity contribution < 1.29 is 15.3 Å². The van der Waals surface area contributed by atoms with E-state index in [4.69, 9.17) is 0 Å². The van der Waals surface area contributed by atoms with Crippen molar-refractivity contribution in [2.45, 2.75) is 37.8 Å². The molecule has 0 spiro atoms. The van der Waals surface area contributed by atoms with Gasteiger partial charge in [-0.05, 0) is 44.4 Å². The van der Waals surface area contributed by atoms with Gasteiger partial charge >= 0.3 is 0 Å². The van der Waals surface area contributed by atoms with E-state index in [1.54, 1.807) is 0 Å². The van der Waals surface area contributed by atoms with E-state index in [9.17, 15) is 15.3 Å². The molecule has 0 aromatic heterocycles. The number of rotatable bonds is 4. The number of nitrogens with one attached hydrogen (secondary N) is 1. The van der Waals surface area contributed by atoms with Gasteiger partial charge in [0.15, 0.2) is 0 Å². The van der Waals surface area contributed by atoms with Gasteiger partial charge in [0.05, 0.1) is 5.60 Å². The van der Waals surface area contributed by atoms with Crippen molar-refractivity contribution >= 4 is 0 Å². The molecule has 0 bridgehead atoms. The molecule has 4 N–H and O–H groups in total. The molecule has 17 heavy (non-hydrogen) atoms. The van der Waals surface area contributed by atoms with Gasteiger partial charge in [-0.3, -0.25) is 0 Å². The Kier molecular flexibility index (Phi) is 3.26. The summed E-state index contributed by atoms with van der Waals surface area (Å²) in [4.78, 5) is 0. The Hall–Kier alpha value is -1.26. The monoisotopic (exact) mass is 237 g/mol. The standard InChI is InChI=1S/C13H19NO3/c1-9(14-8-13(17)5-2-6-13)11-7-10(15)3-4-12(11)16/h3-4,7,9,14-17H,2,5-6,8H2,1H3. The summed E-state index contributed by atoms with van der Waals surface area (Å²) in [7, 11) is 0. The summed E-state index contributed by atoms with van der Waals surface area (Å²) < 4.78 is 0. The minimum atomic E-state index is -0.583. The minimum absolute atomic E-state index is 0.105. The predicted octanol–water partition coefficient (Wildman–Crippen LogP) is 1.66. The predicted molar refractivity (Wildman–Crippen MR) is 65.0 cm³/mol. The van der Waals surface area contributed by atoms with Gasteiger partial charge in [-0.2, -0.15) is 0 Å². The first kappa shape index (κ1) is 12.2. The van der Waals surface area contributed by atoms with Crippen LogP contribution in [0.25, 0.3) is 0 Å². The molecule has 2 rings (SSSR count). The number of benzene rings is 1. The van der Waals surface area contributed by atoms with Crippen LogP contribution in [0.3, 0.4) is 0 Å². The van der Waals surface area contributed by atoms with Crippen LogP contribution in [-0.2, 0) is 0 Å². The number of aliphatic hydroxyl groups is 1. The zero-order valence-corrected chi connectivity index (χ0v) is 9.98. The van der Waals surface area contributed by atoms with Crippen LogP contribution in [0.2, 0.25) is 0 Å². The summed E-state index contributed by atoms with van der Waals surface area (Å²) >= 11 is 0. The molecular weight excluding hydrogens is 218 g/mol. The normalized spacial score (nSPS) is 19.6. The van der Waals surface area contributed by atoms with Gasteiger partial charge in [-0.15, -0.1) is 0 Å². The zero-order chi connectivity index (χ0) is 12.5. The molecule has 1 saturated carbocycles. The Bertz CT molecular complexity index is 402. The Labute approximate surface area is 101 Å². The lowest BCUT2D eigenvalue weighted by molar-refractivity contribution is -0.0329. The number of hydrogen-bond acceptors (Lipinski definition) is 4. The number of phenolic OH excluding ortho intramolecular Hbond substituents is 2. The number of phenols is 2. The molecule has 4 heteroatoms. The molecule has 0 radical (unpaired) electrons. The fourth-order valence-electron chi connectivity index (χ4n) is 2.10. The van der Waals surface area contributed by atoms with E-state index in [1.165, 1.54) is 18.2 Å². The highest BCUT2D eigenvalue weighted by Crippen LogP contribution is 2.32. The first-order valence-electron chi connectivity index (χ1n) is 5.98. The maximum absolute atomic E-state index is 9.96. The molecule has 1 atom stereocenters. The van der Waals surface area contributed by atoms with Crippen LogP contribution in [0.15, 0.2) is 18.2 Å². The summed E-state index contributed by atoms with van der Waals surface area (Å²) in [6, 6.07) is 4.36. The van der Waals surface area contributed by atoms with Gasteiger partial charge in [-0.1, -0.05) is 0 Å². The molecule has 0 amide bonds. The minimum Gasteiger partial charge on any atom is -0.508 e. The van der Waals surface area contributed by atoms with Gasteiger partial charge < -0.3 is 20.6 Å². The molecule has 1 aromatic rings. The van der Waals surface area contributed by atoms with Crippen molar-refractivity contribution in [2.75, 3.05) is 6.54 Å². The zero-order valence-electron chi connectivity index (χ0n) is 9.98. The van der Waals surface area contributed by atoms with Crippen molar-refractivity contribution in [3.63, 3.8) is 0 Å². The van der Waals surface area contributed by atoms with Crippen molar-refractivity contribution in [3.8, 4) is 11.5 Å². The maximum Gasteiger partial charge on any atom is 0.120 e. The van der Waals surface area contributed by atoms with E-state index >= 15 is 0 Å². The lowest BCUT2D eigenvalue weighted by Crippen LogP contribution is -2.46. The molecule has 1 aliphatic rings.